The van der Waals surface area contributed by atoms with Crippen LogP contribution in [-0.2, 0) is 10.2 Å². The van der Waals surface area contributed by atoms with Crippen molar-refractivity contribution in [1.82, 2.24) is 4.98 Å². The molecule has 12 heavy (non-hydrogen) atoms. The predicted molar refractivity (Wildman–Crippen MR) is 50.5 cm³/mol. The maximum absolute atomic E-state index is 10.8. The molecule has 1 rings (SSSR count). The summed E-state index contributed by atoms with van der Waals surface area (Å²) < 4.78 is 0.715. The lowest BCUT2D eigenvalue weighted by atomic mass is 9.91. The molecule has 66 valence electrons. The van der Waals surface area contributed by atoms with Gasteiger partial charge in [0.15, 0.2) is 3.92 Å². The summed E-state index contributed by atoms with van der Waals surface area (Å²) in [5.74, 6) is -0.861. The van der Waals surface area contributed by atoms with Crippen molar-refractivity contribution in [3.63, 3.8) is 0 Å². The van der Waals surface area contributed by atoms with E-state index in [0.29, 0.717) is 9.61 Å². The third kappa shape index (κ3) is 1.67. The van der Waals surface area contributed by atoms with Crippen LogP contribution >= 0.6 is 27.3 Å². The number of carboxylic acid groups (broad SMARTS) is 1. The Labute approximate surface area is 82.6 Å². The quantitative estimate of drug-likeness (QED) is 0.875. The molecule has 1 heterocycles. The normalized spacial score (nSPS) is 11.6. The SMILES string of the molecule is CC(C)(C(=O)O)c1csc(Br)n1. The van der Waals surface area contributed by atoms with Crippen molar-refractivity contribution in [3.8, 4) is 0 Å². The highest BCUT2D eigenvalue weighted by Gasteiger charge is 2.31. The van der Waals surface area contributed by atoms with Gasteiger partial charge < -0.3 is 5.11 Å². The maximum atomic E-state index is 10.8. The molecule has 0 atom stereocenters. The summed E-state index contributed by atoms with van der Waals surface area (Å²) in [7, 11) is 0. The summed E-state index contributed by atoms with van der Waals surface area (Å²) in [4.78, 5) is 14.8. The van der Waals surface area contributed by atoms with E-state index in [1.165, 1.54) is 11.3 Å². The third-order valence-electron chi connectivity index (χ3n) is 1.65. The molecule has 0 aliphatic carbocycles. The maximum Gasteiger partial charge on any atom is 0.315 e. The van der Waals surface area contributed by atoms with Crippen molar-refractivity contribution in [2.24, 2.45) is 0 Å². The smallest absolute Gasteiger partial charge is 0.315 e. The van der Waals surface area contributed by atoms with Crippen LogP contribution in [0.15, 0.2) is 9.30 Å². The van der Waals surface area contributed by atoms with Gasteiger partial charge in [-0.2, -0.15) is 0 Å². The van der Waals surface area contributed by atoms with Gasteiger partial charge in [0.2, 0.25) is 0 Å². The summed E-state index contributed by atoms with van der Waals surface area (Å²) in [6.45, 7) is 3.27. The molecule has 0 unspecified atom stereocenters. The van der Waals surface area contributed by atoms with Crippen molar-refractivity contribution >= 4 is 33.2 Å². The molecule has 0 aromatic carbocycles. The first-order valence-corrected chi connectivity index (χ1v) is 4.97. The fourth-order valence-electron chi connectivity index (χ4n) is 0.648. The lowest BCUT2D eigenvalue weighted by Crippen LogP contribution is -2.28. The minimum Gasteiger partial charge on any atom is -0.481 e. The standard InChI is InChI=1S/C7H8BrNO2S/c1-7(2,5(10)11)4-3-12-6(8)9-4/h3H,1-2H3,(H,10,11). The Bertz CT molecular complexity index is 308. The highest BCUT2D eigenvalue weighted by molar-refractivity contribution is 9.11. The molecule has 0 fully saturated rings. The third-order valence-corrected chi connectivity index (χ3v) is 3.02. The Kier molecular flexibility index (Phi) is 2.53. The zero-order valence-corrected chi connectivity index (χ0v) is 9.07. The monoisotopic (exact) mass is 249 g/mol. The number of thiazole rings is 1. The van der Waals surface area contributed by atoms with Gasteiger partial charge in [-0.3, -0.25) is 4.79 Å². The van der Waals surface area contributed by atoms with Crippen molar-refractivity contribution in [2.45, 2.75) is 19.3 Å². The summed E-state index contributed by atoms with van der Waals surface area (Å²) >= 11 is 4.58. The lowest BCUT2D eigenvalue weighted by Gasteiger charge is -2.15. The van der Waals surface area contributed by atoms with Crippen molar-refractivity contribution in [2.75, 3.05) is 0 Å². The van der Waals surface area contributed by atoms with Crippen LogP contribution in [-0.4, -0.2) is 16.1 Å². The number of aromatic nitrogens is 1. The Morgan fingerprint density at radius 1 is 1.75 bits per heavy atom. The first kappa shape index (κ1) is 9.67. The summed E-state index contributed by atoms with van der Waals surface area (Å²) in [6.07, 6.45) is 0. The molecular formula is C7H8BrNO2S. The molecule has 5 heteroatoms. The molecule has 0 amide bonds. The number of halogens is 1. The second-order valence-corrected chi connectivity index (χ2v) is 5.05. The average Bonchev–Trinajstić information content (AvgIpc) is 2.35. The van der Waals surface area contributed by atoms with Gasteiger partial charge in [-0.25, -0.2) is 4.98 Å². The van der Waals surface area contributed by atoms with Crippen LogP contribution in [0.2, 0.25) is 0 Å². The summed E-state index contributed by atoms with van der Waals surface area (Å²) in [6, 6.07) is 0. The van der Waals surface area contributed by atoms with Crippen molar-refractivity contribution in [1.29, 1.82) is 0 Å². The molecule has 0 radical (unpaired) electrons. The van der Waals surface area contributed by atoms with E-state index in [2.05, 4.69) is 20.9 Å². The highest BCUT2D eigenvalue weighted by atomic mass is 79.9. The van der Waals surface area contributed by atoms with E-state index in [0.717, 1.165) is 0 Å². The number of rotatable bonds is 2. The van der Waals surface area contributed by atoms with Crippen LogP contribution < -0.4 is 0 Å². The minimum absolute atomic E-state index is 0.590. The number of hydrogen-bond donors (Lipinski definition) is 1. The van der Waals surface area contributed by atoms with Gasteiger partial charge in [0.05, 0.1) is 5.69 Å². The first-order chi connectivity index (χ1) is 5.44. The van der Waals surface area contributed by atoms with Crippen LogP contribution in [0.4, 0.5) is 0 Å². The van der Waals surface area contributed by atoms with Gasteiger partial charge in [0.25, 0.3) is 0 Å². The van der Waals surface area contributed by atoms with Gasteiger partial charge >= 0.3 is 5.97 Å². The number of nitrogens with zero attached hydrogens (tertiary/aromatic N) is 1. The fraction of sp³-hybridized carbons (Fsp3) is 0.429. The first-order valence-electron chi connectivity index (χ1n) is 3.29. The van der Waals surface area contributed by atoms with Gasteiger partial charge in [0.1, 0.15) is 5.41 Å². The molecule has 0 aliphatic rings. The molecule has 1 aromatic heterocycles. The van der Waals surface area contributed by atoms with Crippen molar-refractivity contribution < 1.29 is 9.90 Å². The van der Waals surface area contributed by atoms with Crippen LogP contribution in [0.3, 0.4) is 0 Å². The van der Waals surface area contributed by atoms with E-state index >= 15 is 0 Å². The number of carboxylic acids is 1. The van der Waals surface area contributed by atoms with E-state index in [1.807, 2.05) is 0 Å². The predicted octanol–water partition coefficient (Wildman–Crippen LogP) is 2.27. The molecular weight excluding hydrogens is 242 g/mol. The summed E-state index contributed by atoms with van der Waals surface area (Å²) in [5.41, 5.74) is -0.311. The van der Waals surface area contributed by atoms with Crippen molar-refractivity contribution in [3.05, 3.63) is 15.0 Å². The van der Waals surface area contributed by atoms with E-state index in [9.17, 15) is 4.79 Å². The van der Waals surface area contributed by atoms with Gasteiger partial charge in [-0.05, 0) is 29.8 Å². The Morgan fingerprint density at radius 3 is 2.67 bits per heavy atom. The zero-order chi connectivity index (χ0) is 9.35. The minimum atomic E-state index is -0.900. The highest BCUT2D eigenvalue weighted by Crippen LogP contribution is 2.27. The van der Waals surface area contributed by atoms with Gasteiger partial charge in [-0.1, -0.05) is 0 Å². The molecule has 0 spiro atoms. The van der Waals surface area contributed by atoms with E-state index in [1.54, 1.807) is 19.2 Å². The molecule has 3 nitrogen and oxygen atoms in total. The average molecular weight is 250 g/mol. The zero-order valence-electron chi connectivity index (χ0n) is 6.67. The van der Waals surface area contributed by atoms with E-state index in [4.69, 9.17) is 5.11 Å². The second kappa shape index (κ2) is 3.14. The molecule has 1 aromatic rings. The topological polar surface area (TPSA) is 50.2 Å². The molecule has 1 N–H and O–H groups in total. The van der Waals surface area contributed by atoms with Crippen LogP contribution in [0.1, 0.15) is 19.5 Å². The van der Waals surface area contributed by atoms with E-state index in [-0.39, 0.29) is 0 Å². The molecule has 0 saturated carbocycles. The lowest BCUT2D eigenvalue weighted by molar-refractivity contribution is -0.142. The largest absolute Gasteiger partial charge is 0.481 e. The van der Waals surface area contributed by atoms with Gasteiger partial charge in [-0.15, -0.1) is 11.3 Å². The Morgan fingerprint density at radius 2 is 2.33 bits per heavy atom. The van der Waals surface area contributed by atoms with Crippen LogP contribution in [0, 0.1) is 0 Å². The molecule has 0 bridgehead atoms. The van der Waals surface area contributed by atoms with Crippen LogP contribution in [0.5, 0.6) is 0 Å². The Hall–Kier alpha value is -0.420. The number of aliphatic carboxylic acids is 1. The van der Waals surface area contributed by atoms with E-state index < -0.39 is 11.4 Å². The summed E-state index contributed by atoms with van der Waals surface area (Å²) in [5, 5.41) is 10.6. The molecule has 0 saturated heterocycles. The molecule has 0 aliphatic heterocycles. The second-order valence-electron chi connectivity index (χ2n) is 2.92. The number of hydrogen-bond acceptors (Lipinski definition) is 3. The number of carbonyl (C=O) groups is 1. The fourth-order valence-corrected chi connectivity index (χ4v) is 1.83. The van der Waals surface area contributed by atoms with Gasteiger partial charge in [0, 0.05) is 5.38 Å². The Balaban J connectivity index is 3.05. The van der Waals surface area contributed by atoms with Crippen LogP contribution in [0.25, 0.3) is 0 Å².